The van der Waals surface area contributed by atoms with Gasteiger partial charge in [-0.1, -0.05) is 32.8 Å². The van der Waals surface area contributed by atoms with Gasteiger partial charge in [0.1, 0.15) is 0 Å². The first-order valence-electron chi connectivity index (χ1n) is 9.98. The number of nitrogens with one attached hydrogen (secondary N) is 1. The second kappa shape index (κ2) is 11.4. The van der Waals surface area contributed by atoms with Crippen LogP contribution in [0.25, 0.3) is 6.08 Å². The summed E-state index contributed by atoms with van der Waals surface area (Å²) in [4.78, 5) is 23.9. The van der Waals surface area contributed by atoms with E-state index in [4.69, 9.17) is 14.2 Å². The molecule has 6 nitrogen and oxygen atoms in total. The Kier molecular flexibility index (Phi) is 8.85. The Bertz CT molecular complexity index is 686. The molecule has 154 valence electrons. The van der Waals surface area contributed by atoms with Crippen molar-refractivity contribution in [2.45, 2.75) is 52.0 Å². The molecule has 0 unspecified atom stereocenters. The number of carbonyl (C=O) groups is 2. The smallest absolute Gasteiger partial charge is 0.331 e. The molecule has 0 bridgehead atoms. The molecule has 0 saturated heterocycles. The Hall–Kier alpha value is -2.50. The second-order valence-corrected chi connectivity index (χ2v) is 7.14. The molecule has 1 fully saturated rings. The summed E-state index contributed by atoms with van der Waals surface area (Å²) in [7, 11) is 1.57. The van der Waals surface area contributed by atoms with E-state index in [0.717, 1.165) is 31.2 Å². The molecule has 1 aromatic rings. The van der Waals surface area contributed by atoms with E-state index in [1.54, 1.807) is 25.3 Å². The predicted molar refractivity (Wildman–Crippen MR) is 108 cm³/mol. The lowest BCUT2D eigenvalue weighted by molar-refractivity contribution is -0.144. The van der Waals surface area contributed by atoms with E-state index in [1.165, 1.54) is 12.5 Å². The average Bonchev–Trinajstić information content (AvgIpc) is 2.71. The number of carbonyl (C=O) groups excluding carboxylic acids is 2. The summed E-state index contributed by atoms with van der Waals surface area (Å²) in [6, 6.07) is 5.59. The van der Waals surface area contributed by atoms with Crippen molar-refractivity contribution in [3.8, 4) is 11.5 Å². The summed E-state index contributed by atoms with van der Waals surface area (Å²) in [6.07, 6.45) is 8.28. The Morgan fingerprint density at radius 2 is 2.00 bits per heavy atom. The highest BCUT2D eigenvalue weighted by Gasteiger charge is 2.22. The van der Waals surface area contributed by atoms with Crippen molar-refractivity contribution < 1.29 is 23.8 Å². The van der Waals surface area contributed by atoms with Gasteiger partial charge in [0.05, 0.1) is 13.7 Å². The van der Waals surface area contributed by atoms with Gasteiger partial charge >= 0.3 is 5.97 Å². The summed E-state index contributed by atoms with van der Waals surface area (Å²) in [5.41, 5.74) is 0.776. The highest BCUT2D eigenvalue weighted by molar-refractivity contribution is 5.89. The van der Waals surface area contributed by atoms with Gasteiger partial charge in [-0.2, -0.15) is 0 Å². The quantitative estimate of drug-likeness (QED) is 0.514. The molecule has 2 atom stereocenters. The molecule has 0 aliphatic heterocycles. The molecule has 1 aliphatic carbocycles. The van der Waals surface area contributed by atoms with Gasteiger partial charge in [-0.25, -0.2) is 4.79 Å². The summed E-state index contributed by atoms with van der Waals surface area (Å²) in [5.74, 6) is 0.923. The molecule has 0 aromatic heterocycles. The maximum atomic E-state index is 12.0. The zero-order valence-corrected chi connectivity index (χ0v) is 17.0. The number of hydrogen-bond acceptors (Lipinski definition) is 5. The Balaban J connectivity index is 1.81. The van der Waals surface area contributed by atoms with E-state index in [0.29, 0.717) is 24.0 Å². The van der Waals surface area contributed by atoms with Gasteiger partial charge in [0, 0.05) is 12.1 Å². The van der Waals surface area contributed by atoms with Crippen LogP contribution in [0, 0.1) is 5.92 Å². The summed E-state index contributed by atoms with van der Waals surface area (Å²) < 4.78 is 16.0. The van der Waals surface area contributed by atoms with Gasteiger partial charge < -0.3 is 19.5 Å². The minimum atomic E-state index is -0.558. The third-order valence-electron chi connectivity index (χ3n) is 4.86. The highest BCUT2D eigenvalue weighted by atomic mass is 16.5. The fourth-order valence-corrected chi connectivity index (χ4v) is 3.25. The van der Waals surface area contributed by atoms with Gasteiger partial charge in [-0.15, -0.1) is 0 Å². The lowest BCUT2D eigenvalue weighted by Crippen LogP contribution is -2.42. The zero-order valence-electron chi connectivity index (χ0n) is 17.0. The molecule has 1 aromatic carbocycles. The number of benzene rings is 1. The SMILES string of the molecule is CCCOc1ccc(/C=C/C(=O)OCC(=O)N[C@H]2CCCC[C@H]2C)cc1OC. The molecule has 1 amide bonds. The molecule has 0 spiro atoms. The van der Waals surface area contributed by atoms with Crippen LogP contribution in [-0.2, 0) is 14.3 Å². The fraction of sp³-hybridized carbons (Fsp3) is 0.545. The molecular weight excluding hydrogens is 358 g/mol. The summed E-state index contributed by atoms with van der Waals surface area (Å²) in [5, 5.41) is 2.97. The largest absolute Gasteiger partial charge is 0.493 e. The van der Waals surface area contributed by atoms with Gasteiger partial charge in [-0.05, 0) is 49.0 Å². The van der Waals surface area contributed by atoms with Crippen LogP contribution in [0.4, 0.5) is 0 Å². The maximum absolute atomic E-state index is 12.0. The van der Waals surface area contributed by atoms with Crippen LogP contribution < -0.4 is 14.8 Å². The normalized spacial score (nSPS) is 19.2. The third kappa shape index (κ3) is 6.91. The molecule has 0 radical (unpaired) electrons. The molecule has 1 aliphatic rings. The fourth-order valence-electron chi connectivity index (χ4n) is 3.25. The number of ether oxygens (including phenoxy) is 3. The molecule has 2 rings (SSSR count). The van der Waals surface area contributed by atoms with Crippen LogP contribution >= 0.6 is 0 Å². The van der Waals surface area contributed by atoms with Crippen molar-refractivity contribution >= 4 is 18.0 Å². The van der Waals surface area contributed by atoms with Crippen LogP contribution in [0.3, 0.4) is 0 Å². The zero-order chi connectivity index (χ0) is 20.4. The number of amides is 1. The lowest BCUT2D eigenvalue weighted by Gasteiger charge is -2.29. The van der Waals surface area contributed by atoms with E-state index < -0.39 is 5.97 Å². The van der Waals surface area contributed by atoms with Crippen molar-refractivity contribution in [3.05, 3.63) is 29.8 Å². The summed E-state index contributed by atoms with van der Waals surface area (Å²) in [6.45, 7) is 4.52. The second-order valence-electron chi connectivity index (χ2n) is 7.14. The minimum absolute atomic E-state index is 0.177. The van der Waals surface area contributed by atoms with Crippen molar-refractivity contribution in [1.29, 1.82) is 0 Å². The van der Waals surface area contributed by atoms with E-state index in [-0.39, 0.29) is 18.6 Å². The summed E-state index contributed by atoms with van der Waals surface area (Å²) >= 11 is 0. The lowest BCUT2D eigenvalue weighted by atomic mass is 9.86. The number of hydrogen-bond donors (Lipinski definition) is 1. The highest BCUT2D eigenvalue weighted by Crippen LogP contribution is 2.28. The standard InChI is InChI=1S/C22H31NO5/c1-4-13-27-19-11-9-17(14-20(19)26-3)10-12-22(25)28-15-21(24)23-18-8-6-5-7-16(18)2/h9-12,14,16,18H,4-8,13,15H2,1-3H3,(H,23,24)/b12-10+/t16-,18+/m1/s1. The van der Waals surface area contributed by atoms with Crippen LogP contribution in [-0.4, -0.2) is 38.2 Å². The topological polar surface area (TPSA) is 73.9 Å². The van der Waals surface area contributed by atoms with Gasteiger partial charge in [0.15, 0.2) is 18.1 Å². The first kappa shape index (κ1) is 21.8. The minimum Gasteiger partial charge on any atom is -0.493 e. The molecular formula is C22H31NO5. The molecule has 28 heavy (non-hydrogen) atoms. The Morgan fingerprint density at radius 1 is 1.21 bits per heavy atom. The van der Waals surface area contributed by atoms with Crippen LogP contribution in [0.2, 0.25) is 0 Å². The van der Waals surface area contributed by atoms with Gasteiger partial charge in [0.25, 0.3) is 5.91 Å². The molecule has 6 heteroatoms. The first-order valence-corrected chi connectivity index (χ1v) is 9.98. The monoisotopic (exact) mass is 389 g/mol. The molecule has 0 heterocycles. The Labute approximate surface area is 167 Å². The van der Waals surface area contributed by atoms with E-state index >= 15 is 0 Å². The molecule has 1 saturated carbocycles. The predicted octanol–water partition coefficient (Wildman–Crippen LogP) is 3.74. The maximum Gasteiger partial charge on any atom is 0.331 e. The van der Waals surface area contributed by atoms with Crippen LogP contribution in [0.15, 0.2) is 24.3 Å². The average molecular weight is 389 g/mol. The van der Waals surface area contributed by atoms with Gasteiger partial charge in [0.2, 0.25) is 0 Å². The number of esters is 1. The van der Waals surface area contributed by atoms with E-state index in [9.17, 15) is 9.59 Å². The van der Waals surface area contributed by atoms with Crippen LogP contribution in [0.1, 0.15) is 51.5 Å². The molecule has 1 N–H and O–H groups in total. The third-order valence-corrected chi connectivity index (χ3v) is 4.86. The van der Waals surface area contributed by atoms with E-state index in [1.807, 2.05) is 13.0 Å². The first-order chi connectivity index (χ1) is 13.5. The Morgan fingerprint density at radius 3 is 2.71 bits per heavy atom. The van der Waals surface area contributed by atoms with Crippen LogP contribution in [0.5, 0.6) is 11.5 Å². The van der Waals surface area contributed by atoms with E-state index in [2.05, 4.69) is 12.2 Å². The van der Waals surface area contributed by atoms with Crippen molar-refractivity contribution in [2.75, 3.05) is 20.3 Å². The van der Waals surface area contributed by atoms with Gasteiger partial charge in [-0.3, -0.25) is 4.79 Å². The van der Waals surface area contributed by atoms with Crippen molar-refractivity contribution in [2.24, 2.45) is 5.92 Å². The van der Waals surface area contributed by atoms with Crippen molar-refractivity contribution in [3.63, 3.8) is 0 Å². The number of rotatable bonds is 9. The number of methoxy groups -OCH3 is 1. The van der Waals surface area contributed by atoms with Crippen molar-refractivity contribution in [1.82, 2.24) is 5.32 Å².